The van der Waals surface area contributed by atoms with Gasteiger partial charge in [0, 0.05) is 30.6 Å². The Hall–Kier alpha value is -2.59. The highest BCUT2D eigenvalue weighted by atomic mass is 19.1. The summed E-state index contributed by atoms with van der Waals surface area (Å²) in [5, 5.41) is 21.9. The molecule has 1 aromatic carbocycles. The normalized spacial score (nSPS) is 13.3. The second kappa shape index (κ2) is 5.81. The number of benzene rings is 1. The molecule has 108 valence electrons. The molecule has 2 N–H and O–H groups in total. The van der Waals surface area contributed by atoms with E-state index in [0.29, 0.717) is 6.07 Å². The van der Waals surface area contributed by atoms with Gasteiger partial charge in [0.15, 0.2) is 11.5 Å². The number of nitriles is 1. The Bertz CT molecular complexity index is 698. The fraction of sp³-hybridized carbons (Fsp3) is 0.214. The highest BCUT2D eigenvalue weighted by Gasteiger charge is 2.27. The lowest BCUT2D eigenvalue weighted by atomic mass is 9.95. The van der Waals surface area contributed by atoms with E-state index in [4.69, 9.17) is 5.26 Å². The summed E-state index contributed by atoms with van der Waals surface area (Å²) in [6, 6.07) is 4.79. The molecule has 21 heavy (non-hydrogen) atoms. The lowest BCUT2D eigenvalue weighted by Crippen LogP contribution is -2.32. The molecule has 7 heteroatoms. The van der Waals surface area contributed by atoms with Crippen molar-refractivity contribution in [3.8, 4) is 6.07 Å². The summed E-state index contributed by atoms with van der Waals surface area (Å²) in [6.45, 7) is 1.25. The Morgan fingerprint density at radius 3 is 2.71 bits per heavy atom. The molecule has 2 aromatic rings. The van der Waals surface area contributed by atoms with Crippen molar-refractivity contribution >= 4 is 5.82 Å². The molecule has 0 saturated heterocycles. The SMILES string of the molecule is C[C@@](O)(CNc1nccnc1C#N)c1ccc(F)cc1F. The molecule has 0 spiro atoms. The minimum atomic E-state index is -1.61. The van der Waals surface area contributed by atoms with Gasteiger partial charge in [-0.25, -0.2) is 18.7 Å². The Morgan fingerprint density at radius 1 is 1.33 bits per heavy atom. The second-order valence-electron chi connectivity index (χ2n) is 4.62. The van der Waals surface area contributed by atoms with Crippen molar-refractivity contribution in [2.45, 2.75) is 12.5 Å². The average Bonchev–Trinajstić information content (AvgIpc) is 2.45. The summed E-state index contributed by atoms with van der Waals surface area (Å²) < 4.78 is 26.6. The lowest BCUT2D eigenvalue weighted by Gasteiger charge is -2.25. The van der Waals surface area contributed by atoms with Crippen molar-refractivity contribution < 1.29 is 13.9 Å². The Balaban J connectivity index is 2.20. The predicted octanol–water partition coefficient (Wildman–Crippen LogP) is 1.95. The largest absolute Gasteiger partial charge is 0.383 e. The van der Waals surface area contributed by atoms with Gasteiger partial charge in [0.25, 0.3) is 0 Å². The lowest BCUT2D eigenvalue weighted by molar-refractivity contribution is 0.0673. The summed E-state index contributed by atoms with van der Waals surface area (Å²) in [6.07, 6.45) is 2.75. The monoisotopic (exact) mass is 290 g/mol. The topological polar surface area (TPSA) is 81.8 Å². The van der Waals surface area contributed by atoms with Crippen molar-refractivity contribution in [1.82, 2.24) is 9.97 Å². The van der Waals surface area contributed by atoms with E-state index in [0.717, 1.165) is 6.07 Å². The van der Waals surface area contributed by atoms with Gasteiger partial charge in [-0.3, -0.25) is 0 Å². The Morgan fingerprint density at radius 2 is 2.05 bits per heavy atom. The highest BCUT2D eigenvalue weighted by molar-refractivity contribution is 5.47. The van der Waals surface area contributed by atoms with Gasteiger partial charge in [-0.2, -0.15) is 5.26 Å². The van der Waals surface area contributed by atoms with Crippen LogP contribution in [0.4, 0.5) is 14.6 Å². The van der Waals surface area contributed by atoms with Crippen molar-refractivity contribution in [2.24, 2.45) is 0 Å². The predicted molar refractivity (Wildman–Crippen MR) is 71.2 cm³/mol. The van der Waals surface area contributed by atoms with E-state index in [1.54, 1.807) is 0 Å². The molecule has 0 aliphatic rings. The van der Waals surface area contributed by atoms with Crippen LogP contribution in [-0.2, 0) is 5.60 Å². The van der Waals surface area contributed by atoms with Crippen LogP contribution in [0.1, 0.15) is 18.2 Å². The molecule has 0 fully saturated rings. The molecule has 0 bridgehead atoms. The maximum atomic E-state index is 13.7. The Kier molecular flexibility index (Phi) is 4.10. The van der Waals surface area contributed by atoms with Crippen LogP contribution in [0.3, 0.4) is 0 Å². The minimum absolute atomic E-state index is 0.0567. The van der Waals surface area contributed by atoms with Crippen LogP contribution in [0, 0.1) is 23.0 Å². The van der Waals surface area contributed by atoms with Crippen LogP contribution < -0.4 is 5.32 Å². The van der Waals surface area contributed by atoms with Crippen molar-refractivity contribution in [1.29, 1.82) is 5.26 Å². The van der Waals surface area contributed by atoms with Gasteiger partial charge < -0.3 is 10.4 Å². The summed E-state index contributed by atoms with van der Waals surface area (Å²) in [4.78, 5) is 7.73. The quantitative estimate of drug-likeness (QED) is 0.899. The molecule has 0 unspecified atom stereocenters. The molecular weight excluding hydrogens is 278 g/mol. The summed E-state index contributed by atoms with van der Waals surface area (Å²) in [7, 11) is 0. The van der Waals surface area contributed by atoms with Crippen molar-refractivity contribution in [3.05, 3.63) is 53.5 Å². The second-order valence-corrected chi connectivity index (χ2v) is 4.62. The van der Waals surface area contributed by atoms with Gasteiger partial charge in [-0.05, 0) is 13.0 Å². The third-order valence-corrected chi connectivity index (χ3v) is 2.92. The molecule has 5 nitrogen and oxygen atoms in total. The molecule has 1 heterocycles. The standard InChI is InChI=1S/C14H12F2N4O/c1-14(21,10-3-2-9(15)6-11(10)16)8-20-13-12(7-17)18-4-5-19-13/h2-6,21H,8H2,1H3,(H,19,20)/t14-/m1/s1. The zero-order chi connectivity index (χ0) is 15.5. The van der Waals surface area contributed by atoms with Gasteiger partial charge in [0.05, 0.1) is 0 Å². The molecular formula is C14H12F2N4O. The van der Waals surface area contributed by atoms with E-state index < -0.39 is 17.2 Å². The molecule has 2 rings (SSSR count). The first kappa shape index (κ1) is 14.8. The van der Waals surface area contributed by atoms with Crippen LogP contribution >= 0.6 is 0 Å². The molecule has 0 aliphatic heterocycles. The number of rotatable bonds is 4. The first-order chi connectivity index (χ1) is 9.94. The van der Waals surface area contributed by atoms with Crippen LogP contribution in [-0.4, -0.2) is 21.6 Å². The highest BCUT2D eigenvalue weighted by Crippen LogP contribution is 2.24. The number of anilines is 1. The van der Waals surface area contributed by atoms with Gasteiger partial charge >= 0.3 is 0 Å². The molecule has 0 amide bonds. The summed E-state index contributed by atoms with van der Waals surface area (Å²) >= 11 is 0. The van der Waals surface area contributed by atoms with Crippen molar-refractivity contribution in [3.63, 3.8) is 0 Å². The number of hydrogen-bond donors (Lipinski definition) is 2. The van der Waals surface area contributed by atoms with E-state index in [9.17, 15) is 13.9 Å². The van der Waals surface area contributed by atoms with E-state index >= 15 is 0 Å². The summed E-state index contributed by atoms with van der Waals surface area (Å²) in [5.41, 5.74) is -1.60. The zero-order valence-electron chi connectivity index (χ0n) is 11.1. The third-order valence-electron chi connectivity index (χ3n) is 2.92. The molecule has 0 saturated carbocycles. The van der Waals surface area contributed by atoms with Gasteiger partial charge in [0.1, 0.15) is 23.3 Å². The number of nitrogens with zero attached hydrogens (tertiary/aromatic N) is 3. The van der Waals surface area contributed by atoms with Crippen LogP contribution in [0.25, 0.3) is 0 Å². The van der Waals surface area contributed by atoms with E-state index in [-0.39, 0.29) is 23.6 Å². The van der Waals surface area contributed by atoms with Crippen LogP contribution in [0.5, 0.6) is 0 Å². The molecule has 1 atom stereocenters. The molecule has 1 aromatic heterocycles. The first-order valence-corrected chi connectivity index (χ1v) is 6.07. The average molecular weight is 290 g/mol. The number of halogens is 2. The van der Waals surface area contributed by atoms with E-state index in [1.807, 2.05) is 6.07 Å². The Labute approximate surface area is 119 Å². The third kappa shape index (κ3) is 3.30. The number of aromatic nitrogens is 2. The van der Waals surface area contributed by atoms with E-state index in [2.05, 4.69) is 15.3 Å². The maximum Gasteiger partial charge on any atom is 0.182 e. The number of nitrogens with one attached hydrogen (secondary N) is 1. The fourth-order valence-corrected chi connectivity index (χ4v) is 1.83. The summed E-state index contributed by atoms with van der Waals surface area (Å²) in [5.74, 6) is -1.38. The van der Waals surface area contributed by atoms with Gasteiger partial charge in [-0.1, -0.05) is 6.07 Å². The van der Waals surface area contributed by atoms with Crippen LogP contribution in [0.2, 0.25) is 0 Å². The molecule has 0 aliphatic carbocycles. The fourth-order valence-electron chi connectivity index (χ4n) is 1.83. The van der Waals surface area contributed by atoms with Gasteiger partial charge in [0.2, 0.25) is 0 Å². The smallest absolute Gasteiger partial charge is 0.182 e. The maximum absolute atomic E-state index is 13.7. The number of hydrogen-bond acceptors (Lipinski definition) is 5. The zero-order valence-corrected chi connectivity index (χ0v) is 11.1. The van der Waals surface area contributed by atoms with E-state index in [1.165, 1.54) is 25.4 Å². The number of aliphatic hydroxyl groups is 1. The minimum Gasteiger partial charge on any atom is -0.383 e. The van der Waals surface area contributed by atoms with Gasteiger partial charge in [-0.15, -0.1) is 0 Å². The van der Waals surface area contributed by atoms with Crippen LogP contribution in [0.15, 0.2) is 30.6 Å². The first-order valence-electron chi connectivity index (χ1n) is 6.07. The molecule has 0 radical (unpaired) electrons. The van der Waals surface area contributed by atoms with Crippen molar-refractivity contribution in [2.75, 3.05) is 11.9 Å².